The molecule has 0 aliphatic heterocycles. The zero-order valence-corrected chi connectivity index (χ0v) is 3.64. The Bertz CT molecular complexity index is 91.0. The summed E-state index contributed by atoms with van der Waals surface area (Å²) in [6.07, 6.45) is 0. The smallest absolute Gasteiger partial charge is 0.126 e. The second-order valence-electron chi connectivity index (χ2n) is 0.396. The topological polar surface area (TPSA) is 37.1 Å². The Labute approximate surface area is 40.8 Å². The lowest BCUT2D eigenvalue weighted by Gasteiger charge is -1.56. The van der Waals surface area contributed by atoms with E-state index in [-0.39, 0.29) is 0 Å². The maximum absolute atomic E-state index is 4.49. The van der Waals surface area contributed by atoms with Gasteiger partial charge in [0.2, 0.25) is 0 Å². The van der Waals surface area contributed by atoms with Gasteiger partial charge in [-0.3, -0.25) is 0 Å². The number of nitrogens with zero attached hydrogens (tertiary/aromatic N) is 3. The number of thiocarbonyl (C=S) groups is 1. The summed E-state index contributed by atoms with van der Waals surface area (Å²) >= 11 is 4.09. The molecule has 30 valence electrons. The average Bonchev–Trinajstić information content (AvgIpc) is 1.61. The molecule has 0 aliphatic rings. The first kappa shape index (κ1) is 5.40. The SMILES string of the molecule is [CH]N=NN=C=S. The highest BCUT2D eigenvalue weighted by molar-refractivity contribution is 7.78. The van der Waals surface area contributed by atoms with Crippen LogP contribution in [0.15, 0.2) is 15.4 Å². The lowest BCUT2D eigenvalue weighted by atomic mass is 11.5. The van der Waals surface area contributed by atoms with Crippen LogP contribution in [-0.4, -0.2) is 5.16 Å². The van der Waals surface area contributed by atoms with E-state index in [2.05, 4.69) is 34.7 Å². The fourth-order valence-corrected chi connectivity index (χ4v) is 0.0806. The molecule has 6 heavy (non-hydrogen) atoms. The Balaban J connectivity index is 3.33. The van der Waals surface area contributed by atoms with Crippen molar-refractivity contribution in [3.63, 3.8) is 0 Å². The zero-order chi connectivity index (χ0) is 4.83. The number of hydrogen-bond acceptors (Lipinski definition) is 3. The van der Waals surface area contributed by atoms with Crippen LogP contribution >= 0.6 is 12.2 Å². The maximum Gasteiger partial charge on any atom is 0.126 e. The summed E-state index contributed by atoms with van der Waals surface area (Å²) in [4.78, 5) is 0. The van der Waals surface area contributed by atoms with Crippen LogP contribution in [0, 0.1) is 7.05 Å². The van der Waals surface area contributed by atoms with E-state index in [1.54, 1.807) is 0 Å². The second kappa shape index (κ2) is 4.40. The predicted octanol–water partition coefficient (Wildman–Crippen LogP) is 1.12. The van der Waals surface area contributed by atoms with Crippen molar-refractivity contribution in [1.29, 1.82) is 0 Å². The van der Waals surface area contributed by atoms with Gasteiger partial charge in [-0.05, 0) is 17.4 Å². The first-order valence-corrected chi connectivity index (χ1v) is 1.49. The average molecular weight is 99.1 g/mol. The third-order valence-corrected chi connectivity index (χ3v) is 0.219. The van der Waals surface area contributed by atoms with E-state index < -0.39 is 0 Å². The van der Waals surface area contributed by atoms with E-state index in [0.29, 0.717) is 0 Å². The van der Waals surface area contributed by atoms with Gasteiger partial charge < -0.3 is 0 Å². The highest BCUT2D eigenvalue weighted by atomic mass is 32.1. The molecule has 3 nitrogen and oxygen atoms in total. The van der Waals surface area contributed by atoms with Gasteiger partial charge in [0.25, 0.3) is 0 Å². The molecule has 0 saturated heterocycles. The molecule has 0 unspecified atom stereocenters. The van der Waals surface area contributed by atoms with Crippen molar-refractivity contribution in [2.24, 2.45) is 15.4 Å². The Hall–Kier alpha value is -0.600. The number of isothiocyanates is 1. The minimum atomic E-state index is 1.94. The molecule has 2 radical (unpaired) electrons. The lowest BCUT2D eigenvalue weighted by Crippen LogP contribution is -1.39. The summed E-state index contributed by atoms with van der Waals surface area (Å²) in [6, 6.07) is 0. The summed E-state index contributed by atoms with van der Waals surface area (Å²) < 4.78 is 0. The molecular weight excluding hydrogens is 98.1 g/mol. The van der Waals surface area contributed by atoms with E-state index in [0.717, 1.165) is 0 Å². The highest BCUT2D eigenvalue weighted by Gasteiger charge is 1.47. The largest absolute Gasteiger partial charge is 0.160 e. The van der Waals surface area contributed by atoms with Crippen molar-refractivity contribution in [1.82, 2.24) is 0 Å². The van der Waals surface area contributed by atoms with Gasteiger partial charge in [0.05, 0.1) is 5.16 Å². The van der Waals surface area contributed by atoms with Crippen molar-refractivity contribution in [3.8, 4) is 0 Å². The quantitative estimate of drug-likeness (QED) is 0.210. The Morgan fingerprint density at radius 2 is 2.33 bits per heavy atom. The molecule has 0 bridgehead atoms. The number of hydrogen-bond donors (Lipinski definition) is 0. The maximum atomic E-state index is 4.49. The van der Waals surface area contributed by atoms with Gasteiger partial charge in [0.15, 0.2) is 0 Å². The molecule has 0 atom stereocenters. The van der Waals surface area contributed by atoms with Crippen LogP contribution in [0.1, 0.15) is 0 Å². The number of rotatable bonds is 1. The van der Waals surface area contributed by atoms with E-state index in [4.69, 9.17) is 0 Å². The Kier molecular flexibility index (Phi) is 3.96. The minimum absolute atomic E-state index is 1.94. The van der Waals surface area contributed by atoms with Gasteiger partial charge in [-0.15, -0.1) is 0 Å². The Morgan fingerprint density at radius 3 is 2.50 bits per heavy atom. The normalized spacial score (nSPS) is 8.17. The predicted molar refractivity (Wildman–Crippen MR) is 24.2 cm³/mol. The van der Waals surface area contributed by atoms with E-state index in [1.807, 2.05) is 5.16 Å². The van der Waals surface area contributed by atoms with Crippen LogP contribution < -0.4 is 0 Å². The summed E-state index contributed by atoms with van der Waals surface area (Å²) in [6.45, 7) is 0. The third kappa shape index (κ3) is 3.40. The Morgan fingerprint density at radius 1 is 1.67 bits per heavy atom. The molecule has 0 fully saturated rings. The fourth-order valence-electron chi connectivity index (χ4n) is 0.0441. The van der Waals surface area contributed by atoms with Crippen molar-refractivity contribution >= 4 is 17.4 Å². The van der Waals surface area contributed by atoms with Gasteiger partial charge in [0.1, 0.15) is 7.05 Å². The molecule has 4 heteroatoms. The second-order valence-corrected chi connectivity index (χ2v) is 0.579. The van der Waals surface area contributed by atoms with Gasteiger partial charge in [-0.25, -0.2) is 0 Å². The van der Waals surface area contributed by atoms with Gasteiger partial charge in [0, 0.05) is 0 Å². The molecule has 0 aromatic heterocycles. The fraction of sp³-hybridized carbons (Fsp3) is 0. The van der Waals surface area contributed by atoms with Crippen LogP contribution in [0.3, 0.4) is 0 Å². The van der Waals surface area contributed by atoms with E-state index in [9.17, 15) is 0 Å². The van der Waals surface area contributed by atoms with Crippen LogP contribution in [0.2, 0.25) is 0 Å². The van der Waals surface area contributed by atoms with Gasteiger partial charge in [-0.1, -0.05) is 5.10 Å². The molecule has 0 aromatic carbocycles. The van der Waals surface area contributed by atoms with Crippen molar-refractivity contribution in [2.75, 3.05) is 0 Å². The summed E-state index contributed by atoms with van der Waals surface area (Å²) in [5, 5.41) is 10.6. The van der Waals surface area contributed by atoms with Crippen LogP contribution in [0.5, 0.6) is 0 Å². The molecule has 0 aliphatic carbocycles. The van der Waals surface area contributed by atoms with Crippen LogP contribution in [0.25, 0.3) is 0 Å². The van der Waals surface area contributed by atoms with Gasteiger partial charge >= 0.3 is 0 Å². The lowest BCUT2D eigenvalue weighted by molar-refractivity contribution is 1.07. The minimum Gasteiger partial charge on any atom is -0.160 e. The molecule has 0 amide bonds. The van der Waals surface area contributed by atoms with E-state index >= 15 is 0 Å². The molecule has 0 N–H and O–H groups in total. The van der Waals surface area contributed by atoms with Crippen LogP contribution in [0.4, 0.5) is 0 Å². The van der Waals surface area contributed by atoms with Crippen LogP contribution in [-0.2, 0) is 0 Å². The molecule has 0 saturated carbocycles. The molecule has 0 aromatic rings. The first-order chi connectivity index (χ1) is 2.91. The highest BCUT2D eigenvalue weighted by Crippen LogP contribution is 1.66. The summed E-state index contributed by atoms with van der Waals surface area (Å²) in [7, 11) is 4.49. The standard InChI is InChI=1S/C2HN3S/c1-3-5-4-2-6/h1H. The van der Waals surface area contributed by atoms with Crippen molar-refractivity contribution in [3.05, 3.63) is 7.05 Å². The molecular formula is C2HN3S. The molecule has 0 heterocycles. The van der Waals surface area contributed by atoms with Gasteiger partial charge in [-0.2, -0.15) is 5.11 Å². The first-order valence-electron chi connectivity index (χ1n) is 1.09. The van der Waals surface area contributed by atoms with Crippen molar-refractivity contribution in [2.45, 2.75) is 0 Å². The summed E-state index contributed by atoms with van der Waals surface area (Å²) in [5.41, 5.74) is 0. The molecule has 0 rings (SSSR count). The van der Waals surface area contributed by atoms with Crippen molar-refractivity contribution < 1.29 is 0 Å². The molecule has 0 spiro atoms. The zero-order valence-electron chi connectivity index (χ0n) is 2.83. The monoisotopic (exact) mass is 99.0 g/mol. The third-order valence-electron chi connectivity index (χ3n) is 0.137. The summed E-state index contributed by atoms with van der Waals surface area (Å²) in [5.74, 6) is 0. The van der Waals surface area contributed by atoms with E-state index in [1.165, 1.54) is 0 Å².